The number of hydrogen-bond acceptors (Lipinski definition) is 4. The zero-order valence-electron chi connectivity index (χ0n) is 11.3. The molecule has 1 atom stereocenters. The predicted molar refractivity (Wildman–Crippen MR) is 68.1 cm³/mol. The maximum Gasteiger partial charge on any atom is 0.240 e. The number of oxazole rings is 1. The van der Waals surface area contributed by atoms with Crippen LogP contribution in [0.25, 0.3) is 0 Å². The highest BCUT2D eigenvalue weighted by atomic mass is 16.4. The highest BCUT2D eigenvalue weighted by Crippen LogP contribution is 2.19. The van der Waals surface area contributed by atoms with E-state index in [1.54, 1.807) is 0 Å². The van der Waals surface area contributed by atoms with Crippen LogP contribution in [0, 0.1) is 13.8 Å². The quantitative estimate of drug-likeness (QED) is 0.853. The number of rotatable bonds is 3. The molecule has 1 saturated heterocycles. The zero-order chi connectivity index (χ0) is 13.2. The van der Waals surface area contributed by atoms with E-state index < -0.39 is 5.54 Å². The summed E-state index contributed by atoms with van der Waals surface area (Å²) in [5.74, 6) is 1.40. The first-order valence-corrected chi connectivity index (χ1v) is 6.47. The number of carbonyl (C=O) groups is 1. The summed E-state index contributed by atoms with van der Waals surface area (Å²) in [6.07, 6.45) is 3.11. The molecule has 1 amide bonds. The Kier molecular flexibility index (Phi) is 3.71. The fourth-order valence-electron chi connectivity index (χ4n) is 2.22. The summed E-state index contributed by atoms with van der Waals surface area (Å²) in [5.41, 5.74) is 0.427. The molecule has 18 heavy (non-hydrogen) atoms. The maximum atomic E-state index is 12.1. The van der Waals surface area contributed by atoms with Gasteiger partial charge in [-0.2, -0.15) is 0 Å². The molecule has 0 radical (unpaired) electrons. The van der Waals surface area contributed by atoms with Crippen LogP contribution >= 0.6 is 0 Å². The van der Waals surface area contributed by atoms with E-state index in [1.807, 2.05) is 20.8 Å². The summed E-state index contributed by atoms with van der Waals surface area (Å²) in [7, 11) is 0. The Bertz CT molecular complexity index is 414. The molecule has 0 aromatic carbocycles. The van der Waals surface area contributed by atoms with E-state index in [0.29, 0.717) is 12.4 Å². The first-order chi connectivity index (χ1) is 8.51. The Labute approximate surface area is 107 Å². The van der Waals surface area contributed by atoms with Gasteiger partial charge in [0.05, 0.1) is 17.8 Å². The molecule has 1 unspecified atom stereocenters. The summed E-state index contributed by atoms with van der Waals surface area (Å²) < 4.78 is 5.44. The highest BCUT2D eigenvalue weighted by molar-refractivity contribution is 5.85. The first-order valence-electron chi connectivity index (χ1n) is 6.47. The third-order valence-electron chi connectivity index (χ3n) is 3.59. The van der Waals surface area contributed by atoms with Crippen LogP contribution in [0.2, 0.25) is 0 Å². The van der Waals surface area contributed by atoms with Crippen molar-refractivity contribution in [3.8, 4) is 0 Å². The second-order valence-electron chi connectivity index (χ2n) is 5.15. The molecule has 1 aliphatic heterocycles. The molecule has 0 spiro atoms. The van der Waals surface area contributed by atoms with Gasteiger partial charge in [0.2, 0.25) is 11.8 Å². The molecule has 2 heterocycles. The van der Waals surface area contributed by atoms with Crippen molar-refractivity contribution < 1.29 is 9.21 Å². The van der Waals surface area contributed by atoms with Crippen LogP contribution in [0.1, 0.15) is 43.5 Å². The number of hydrogen-bond donors (Lipinski definition) is 2. The standard InChI is InChI=1S/C13H21N3O2/c1-9-10(2)18-11(16-9)8-14-12(17)13(3)6-4-5-7-15-13/h15H,4-8H2,1-3H3,(H,14,17). The average molecular weight is 251 g/mol. The molecule has 5 nitrogen and oxygen atoms in total. The van der Waals surface area contributed by atoms with E-state index in [4.69, 9.17) is 4.42 Å². The fourth-order valence-corrected chi connectivity index (χ4v) is 2.22. The van der Waals surface area contributed by atoms with Gasteiger partial charge in [-0.3, -0.25) is 4.79 Å². The minimum absolute atomic E-state index is 0.0238. The molecule has 1 aromatic rings. The van der Waals surface area contributed by atoms with E-state index in [1.165, 1.54) is 0 Å². The lowest BCUT2D eigenvalue weighted by atomic mass is 9.90. The fraction of sp³-hybridized carbons (Fsp3) is 0.692. The van der Waals surface area contributed by atoms with Crippen molar-refractivity contribution in [2.24, 2.45) is 0 Å². The molecular weight excluding hydrogens is 230 g/mol. The topological polar surface area (TPSA) is 67.2 Å². The number of aromatic nitrogens is 1. The van der Waals surface area contributed by atoms with Crippen LogP contribution in [0.4, 0.5) is 0 Å². The molecule has 2 N–H and O–H groups in total. The summed E-state index contributed by atoms with van der Waals surface area (Å²) >= 11 is 0. The second-order valence-corrected chi connectivity index (χ2v) is 5.15. The normalized spacial score (nSPS) is 23.9. The van der Waals surface area contributed by atoms with Gasteiger partial charge in [0.1, 0.15) is 5.76 Å². The summed E-state index contributed by atoms with van der Waals surface area (Å²) in [5, 5.41) is 6.18. The largest absolute Gasteiger partial charge is 0.444 e. The zero-order valence-corrected chi connectivity index (χ0v) is 11.3. The van der Waals surface area contributed by atoms with Gasteiger partial charge in [-0.1, -0.05) is 0 Å². The van der Waals surface area contributed by atoms with Crippen LogP contribution in [0.15, 0.2) is 4.42 Å². The highest BCUT2D eigenvalue weighted by Gasteiger charge is 2.34. The van der Waals surface area contributed by atoms with E-state index in [0.717, 1.165) is 37.3 Å². The van der Waals surface area contributed by atoms with E-state index in [2.05, 4.69) is 15.6 Å². The Morgan fingerprint density at radius 1 is 1.50 bits per heavy atom. The molecule has 1 aromatic heterocycles. The second kappa shape index (κ2) is 5.10. The van der Waals surface area contributed by atoms with E-state index in [9.17, 15) is 4.79 Å². The van der Waals surface area contributed by atoms with Gasteiger partial charge >= 0.3 is 0 Å². The van der Waals surface area contributed by atoms with Crippen LogP contribution < -0.4 is 10.6 Å². The van der Waals surface area contributed by atoms with Crippen LogP contribution in [0.3, 0.4) is 0 Å². The molecule has 0 saturated carbocycles. The molecule has 1 fully saturated rings. The Morgan fingerprint density at radius 3 is 2.83 bits per heavy atom. The van der Waals surface area contributed by atoms with Gasteiger partial charge in [0.25, 0.3) is 0 Å². The number of carbonyl (C=O) groups excluding carboxylic acids is 1. The Hall–Kier alpha value is -1.36. The minimum Gasteiger partial charge on any atom is -0.444 e. The molecule has 0 aliphatic carbocycles. The monoisotopic (exact) mass is 251 g/mol. The third kappa shape index (κ3) is 2.72. The molecule has 0 bridgehead atoms. The van der Waals surface area contributed by atoms with E-state index >= 15 is 0 Å². The van der Waals surface area contributed by atoms with Crippen molar-refractivity contribution in [1.82, 2.24) is 15.6 Å². The predicted octanol–water partition coefficient (Wildman–Crippen LogP) is 1.44. The molecule has 2 rings (SSSR count). The number of amides is 1. The number of nitrogens with zero attached hydrogens (tertiary/aromatic N) is 1. The van der Waals surface area contributed by atoms with Gasteiger partial charge in [-0.25, -0.2) is 4.98 Å². The lowest BCUT2D eigenvalue weighted by Crippen LogP contribution is -2.56. The molecular formula is C13H21N3O2. The van der Waals surface area contributed by atoms with E-state index in [-0.39, 0.29) is 5.91 Å². The van der Waals surface area contributed by atoms with Gasteiger partial charge in [-0.15, -0.1) is 0 Å². The SMILES string of the molecule is Cc1nc(CNC(=O)C2(C)CCCCN2)oc1C. The van der Waals surface area contributed by atoms with Crippen LogP contribution in [0.5, 0.6) is 0 Å². The lowest BCUT2D eigenvalue weighted by molar-refractivity contribution is -0.128. The van der Waals surface area contributed by atoms with Gasteiger partial charge in [0.15, 0.2) is 0 Å². The number of aryl methyl sites for hydroxylation is 2. The van der Waals surface area contributed by atoms with Gasteiger partial charge in [0, 0.05) is 0 Å². The smallest absolute Gasteiger partial charge is 0.240 e. The maximum absolute atomic E-state index is 12.1. The van der Waals surface area contributed by atoms with Gasteiger partial charge < -0.3 is 15.1 Å². The Morgan fingerprint density at radius 2 is 2.28 bits per heavy atom. The van der Waals surface area contributed by atoms with Crippen molar-refractivity contribution in [2.75, 3.05) is 6.54 Å². The number of nitrogens with one attached hydrogen (secondary N) is 2. The summed E-state index contributed by atoms with van der Waals surface area (Å²) in [6, 6.07) is 0. The lowest BCUT2D eigenvalue weighted by Gasteiger charge is -2.33. The van der Waals surface area contributed by atoms with Crippen molar-refractivity contribution in [2.45, 2.75) is 52.1 Å². The average Bonchev–Trinajstić information content (AvgIpc) is 2.67. The molecule has 1 aliphatic rings. The van der Waals surface area contributed by atoms with Crippen molar-refractivity contribution in [3.05, 3.63) is 17.3 Å². The van der Waals surface area contributed by atoms with Crippen molar-refractivity contribution >= 4 is 5.91 Å². The third-order valence-corrected chi connectivity index (χ3v) is 3.59. The minimum atomic E-state index is -0.449. The molecule has 5 heteroatoms. The number of piperidine rings is 1. The molecule has 100 valence electrons. The Balaban J connectivity index is 1.91. The summed E-state index contributed by atoms with van der Waals surface area (Å²) in [4.78, 5) is 16.4. The first kappa shape index (κ1) is 13.1. The summed E-state index contributed by atoms with van der Waals surface area (Å²) in [6.45, 7) is 6.98. The van der Waals surface area contributed by atoms with Crippen molar-refractivity contribution in [1.29, 1.82) is 0 Å². The van der Waals surface area contributed by atoms with Crippen LogP contribution in [-0.2, 0) is 11.3 Å². The van der Waals surface area contributed by atoms with Crippen molar-refractivity contribution in [3.63, 3.8) is 0 Å². The van der Waals surface area contributed by atoms with Crippen LogP contribution in [-0.4, -0.2) is 23.0 Å². The van der Waals surface area contributed by atoms with Gasteiger partial charge in [-0.05, 0) is 46.6 Å².